The van der Waals surface area contributed by atoms with E-state index in [0.717, 1.165) is 9.46 Å². The molecule has 0 amide bonds. The molecule has 2 rings (SSSR count). The second-order valence-electron chi connectivity index (χ2n) is 4.95. The van der Waals surface area contributed by atoms with Gasteiger partial charge >= 0.3 is 0 Å². The van der Waals surface area contributed by atoms with Gasteiger partial charge in [0.2, 0.25) is 0 Å². The maximum absolute atomic E-state index is 8.56. The molecule has 1 aromatic rings. The first-order valence-electron chi connectivity index (χ1n) is 6.36. The lowest BCUT2D eigenvalue weighted by Crippen LogP contribution is -2.13. The van der Waals surface area contributed by atoms with Gasteiger partial charge in [-0.2, -0.15) is 5.26 Å². The largest absolute Gasteiger partial charge is 0.260 e. The zero-order valence-corrected chi connectivity index (χ0v) is 15.4. The monoisotopic (exact) mass is 352 g/mol. The average molecular weight is 353 g/mol. The normalized spacial score (nSPS) is 18.6. The highest BCUT2D eigenvalue weighted by Crippen LogP contribution is 2.44. The Balaban J connectivity index is 1.99. The lowest BCUT2D eigenvalue weighted by Gasteiger charge is -2.14. The predicted octanol–water partition coefficient (Wildman–Crippen LogP) is 5.71. The highest BCUT2D eigenvalue weighted by molar-refractivity contribution is 8.43. The summed E-state index contributed by atoms with van der Waals surface area (Å²) in [6, 6.07) is 8.54. The summed E-state index contributed by atoms with van der Waals surface area (Å²) in [7, 11) is 0. The third kappa shape index (κ3) is 5.03. The maximum Gasteiger partial charge on any atom is 0.134 e. The molecule has 0 aliphatic carbocycles. The van der Waals surface area contributed by atoms with E-state index in [2.05, 4.69) is 55.8 Å². The van der Waals surface area contributed by atoms with Crippen molar-refractivity contribution in [1.82, 2.24) is 0 Å². The second kappa shape index (κ2) is 7.68. The molecular weight excluding hydrogens is 336 g/mol. The number of rotatable bonds is 4. The highest BCUT2D eigenvalue weighted by atomic mass is 32.2. The van der Waals surface area contributed by atoms with Gasteiger partial charge in [-0.3, -0.25) is 4.99 Å². The number of hydrogen-bond donors (Lipinski definition) is 0. The van der Waals surface area contributed by atoms with Crippen LogP contribution in [0.2, 0.25) is 0 Å². The summed E-state index contributed by atoms with van der Waals surface area (Å²) in [6.07, 6.45) is 0. The quantitative estimate of drug-likeness (QED) is 0.300. The number of thiocyanates is 1. The van der Waals surface area contributed by atoms with Gasteiger partial charge in [-0.1, -0.05) is 53.0 Å². The smallest absolute Gasteiger partial charge is 0.134 e. The minimum atomic E-state index is -0.165. The van der Waals surface area contributed by atoms with Gasteiger partial charge in [-0.15, -0.1) is 0 Å². The second-order valence-corrected chi connectivity index (χ2v) is 9.27. The molecule has 0 N–H and O–H groups in total. The third-order valence-corrected chi connectivity index (χ3v) is 6.96. The molecule has 110 valence electrons. The van der Waals surface area contributed by atoms with Gasteiger partial charge in [-0.05, 0) is 50.1 Å². The Hall–Kier alpha value is -0.480. The molecule has 0 radical (unpaired) electrons. The van der Waals surface area contributed by atoms with Gasteiger partial charge in [0.15, 0.2) is 0 Å². The van der Waals surface area contributed by atoms with Crippen LogP contribution in [-0.4, -0.2) is 15.0 Å². The Morgan fingerprint density at radius 1 is 1.33 bits per heavy atom. The van der Waals surface area contributed by atoms with Gasteiger partial charge in [0.25, 0.3) is 0 Å². The van der Waals surface area contributed by atoms with E-state index in [1.165, 1.54) is 27.1 Å². The summed E-state index contributed by atoms with van der Waals surface area (Å²) in [5.41, 5.74) is 1.11. The Labute approximate surface area is 143 Å². The molecule has 0 aromatic heterocycles. The molecule has 6 heteroatoms. The van der Waals surface area contributed by atoms with E-state index in [0.29, 0.717) is 0 Å². The molecule has 0 fully saturated rings. The first-order chi connectivity index (χ1) is 10.0. The number of nitriles is 1. The maximum atomic E-state index is 8.56. The zero-order valence-electron chi connectivity index (χ0n) is 12.1. The number of hydrogen-bond acceptors (Lipinski definition) is 6. The first kappa shape index (κ1) is 16.9. The zero-order chi connectivity index (χ0) is 15.3. The van der Waals surface area contributed by atoms with Crippen LogP contribution < -0.4 is 0 Å². The van der Waals surface area contributed by atoms with Crippen molar-refractivity contribution in [3.63, 3.8) is 0 Å². The van der Waals surface area contributed by atoms with E-state index in [-0.39, 0.29) is 5.54 Å². The molecule has 0 bridgehead atoms. The van der Waals surface area contributed by atoms with Gasteiger partial charge in [0.1, 0.15) is 9.78 Å². The Bertz CT molecular complexity index is 597. The van der Waals surface area contributed by atoms with Crippen molar-refractivity contribution in [3.8, 4) is 5.40 Å². The van der Waals surface area contributed by atoms with Crippen LogP contribution in [-0.2, 0) is 0 Å². The molecule has 0 saturated heterocycles. The van der Waals surface area contributed by atoms with Crippen LogP contribution in [0.5, 0.6) is 0 Å². The van der Waals surface area contributed by atoms with Gasteiger partial charge in [-0.25, -0.2) is 0 Å². The summed E-state index contributed by atoms with van der Waals surface area (Å²) >= 11 is 6.36. The number of benzene rings is 1. The van der Waals surface area contributed by atoms with Crippen LogP contribution in [0.25, 0.3) is 0 Å². The van der Waals surface area contributed by atoms with E-state index < -0.39 is 0 Å². The van der Waals surface area contributed by atoms with Gasteiger partial charge in [0.05, 0.1) is 10.6 Å². The van der Waals surface area contributed by atoms with Crippen LogP contribution in [0.15, 0.2) is 44.5 Å². The van der Waals surface area contributed by atoms with Crippen LogP contribution >= 0.6 is 47.0 Å². The van der Waals surface area contributed by atoms with Crippen molar-refractivity contribution in [2.75, 3.05) is 5.08 Å². The molecular formula is C15H16N2S4. The summed E-state index contributed by atoms with van der Waals surface area (Å²) in [5, 5.41) is 13.6. The summed E-state index contributed by atoms with van der Waals surface area (Å²) in [5.74, 6) is 0. The number of aryl methyl sites for hydroxylation is 1. The van der Waals surface area contributed by atoms with Gasteiger partial charge in [0, 0.05) is 9.80 Å². The molecule has 2 nitrogen and oxygen atoms in total. The van der Waals surface area contributed by atoms with E-state index in [1.54, 1.807) is 35.3 Å². The fourth-order valence-electron chi connectivity index (χ4n) is 1.60. The molecule has 0 atom stereocenters. The fourth-order valence-corrected chi connectivity index (χ4v) is 5.60. The SMILES string of the molecule is Cc1ccc(SC=C2SC(SCSC#N)=NC2(C)C)cc1. The van der Waals surface area contributed by atoms with Crippen molar-refractivity contribution >= 4 is 51.4 Å². The van der Waals surface area contributed by atoms with E-state index in [9.17, 15) is 0 Å². The number of nitrogens with zero attached hydrogens (tertiary/aromatic N) is 2. The van der Waals surface area contributed by atoms with Crippen molar-refractivity contribution in [2.24, 2.45) is 4.99 Å². The van der Waals surface area contributed by atoms with Crippen LogP contribution in [0.1, 0.15) is 19.4 Å². The van der Waals surface area contributed by atoms with Crippen molar-refractivity contribution in [3.05, 3.63) is 40.1 Å². The minimum absolute atomic E-state index is 0.165. The summed E-state index contributed by atoms with van der Waals surface area (Å²) in [4.78, 5) is 7.24. The molecule has 0 saturated carbocycles. The van der Waals surface area contributed by atoms with Crippen LogP contribution in [0, 0.1) is 17.6 Å². The average Bonchev–Trinajstić information content (AvgIpc) is 2.73. The molecule has 0 spiro atoms. The Kier molecular flexibility index (Phi) is 6.18. The van der Waals surface area contributed by atoms with E-state index >= 15 is 0 Å². The molecule has 1 aliphatic heterocycles. The number of thioether (sulfide) groups is 4. The highest BCUT2D eigenvalue weighted by Gasteiger charge is 2.31. The standard InChI is InChI=1S/C15H16N2S4/c1-11-4-6-12(7-5-11)19-8-13-15(2,3)17-14(21-13)20-10-18-9-16/h4-8H,10H2,1-3H3. The molecule has 1 aromatic carbocycles. The van der Waals surface area contributed by atoms with E-state index in [1.807, 2.05) is 0 Å². The Morgan fingerprint density at radius 2 is 2.05 bits per heavy atom. The first-order valence-corrected chi connectivity index (χ1v) is 10.0. The minimum Gasteiger partial charge on any atom is -0.260 e. The van der Waals surface area contributed by atoms with Crippen LogP contribution in [0.3, 0.4) is 0 Å². The third-order valence-electron chi connectivity index (χ3n) is 2.80. The lowest BCUT2D eigenvalue weighted by atomic mass is 10.1. The van der Waals surface area contributed by atoms with Crippen molar-refractivity contribution < 1.29 is 0 Å². The number of aliphatic imine (C=N–C) groups is 1. The lowest BCUT2D eigenvalue weighted by molar-refractivity contribution is 0.658. The van der Waals surface area contributed by atoms with E-state index in [4.69, 9.17) is 10.3 Å². The van der Waals surface area contributed by atoms with Crippen LogP contribution in [0.4, 0.5) is 0 Å². The predicted molar refractivity (Wildman–Crippen MR) is 99.9 cm³/mol. The molecule has 1 aliphatic rings. The topological polar surface area (TPSA) is 36.1 Å². The molecule has 0 unspecified atom stereocenters. The molecule has 21 heavy (non-hydrogen) atoms. The molecule has 1 heterocycles. The summed E-state index contributed by atoms with van der Waals surface area (Å²) in [6.45, 7) is 6.36. The van der Waals surface area contributed by atoms with Crippen molar-refractivity contribution in [2.45, 2.75) is 31.2 Å². The fraction of sp³-hybridized carbons (Fsp3) is 0.333. The van der Waals surface area contributed by atoms with Gasteiger partial charge < -0.3 is 0 Å². The Morgan fingerprint density at radius 3 is 2.71 bits per heavy atom. The summed E-state index contributed by atoms with van der Waals surface area (Å²) < 4.78 is 1.05. The van der Waals surface area contributed by atoms with Crippen molar-refractivity contribution in [1.29, 1.82) is 5.26 Å².